The molecule has 0 amide bonds. The predicted molar refractivity (Wildman–Crippen MR) is 157 cm³/mol. The van der Waals surface area contributed by atoms with Crippen molar-refractivity contribution in [2.75, 3.05) is 31.4 Å². The molecule has 0 bridgehead atoms. The van der Waals surface area contributed by atoms with Crippen LogP contribution in [0.2, 0.25) is 0 Å². The van der Waals surface area contributed by atoms with E-state index in [0.29, 0.717) is 34.6 Å². The van der Waals surface area contributed by atoms with E-state index in [2.05, 4.69) is 25.5 Å². The molecule has 41 heavy (non-hydrogen) atoms. The lowest BCUT2D eigenvalue weighted by atomic mass is 10.0. The van der Waals surface area contributed by atoms with Crippen molar-refractivity contribution in [3.8, 4) is 6.07 Å². The fraction of sp³-hybridized carbons (Fsp3) is 0.194. The van der Waals surface area contributed by atoms with E-state index in [0.717, 1.165) is 41.5 Å². The number of esters is 2. The van der Waals surface area contributed by atoms with Crippen LogP contribution in [0.4, 0.5) is 17.5 Å². The molecule has 10 heteroatoms. The van der Waals surface area contributed by atoms with Crippen molar-refractivity contribution >= 4 is 29.4 Å². The first-order chi connectivity index (χ1) is 19.7. The van der Waals surface area contributed by atoms with Gasteiger partial charge in [-0.1, -0.05) is 30.3 Å². The average molecular weight is 553 g/mol. The first-order valence-electron chi connectivity index (χ1n) is 12.7. The fourth-order valence-corrected chi connectivity index (χ4v) is 3.90. The Balaban J connectivity index is 0.000000226. The molecule has 1 aromatic heterocycles. The van der Waals surface area contributed by atoms with E-state index in [-0.39, 0.29) is 17.9 Å². The van der Waals surface area contributed by atoms with E-state index in [9.17, 15) is 9.59 Å². The number of benzene rings is 3. The molecule has 4 aromatic rings. The number of nitrogens with two attached hydrogens (primary N) is 3. The van der Waals surface area contributed by atoms with Crippen molar-refractivity contribution in [3.63, 3.8) is 0 Å². The summed E-state index contributed by atoms with van der Waals surface area (Å²) >= 11 is 0. The van der Waals surface area contributed by atoms with Crippen molar-refractivity contribution in [2.24, 2.45) is 0 Å². The molecule has 1 heterocycles. The highest BCUT2D eigenvalue weighted by molar-refractivity contribution is 5.89. The highest BCUT2D eigenvalue weighted by atomic mass is 16.5. The van der Waals surface area contributed by atoms with Gasteiger partial charge in [0, 0.05) is 17.4 Å². The van der Waals surface area contributed by atoms with Crippen LogP contribution in [0.15, 0.2) is 72.9 Å². The standard InChI is InChI=1S/C17H16N2O2.C14H16N4O2/c1-21-17(20)14-7-4-12(5-8-14)2-3-13-6-9-16(19)15(10-13)11-18;1-20-13(19)10-5-2-9(3-6-10)4-7-11-8-17-14(16)18-12(11)15/h4-10H,2-3,19H2,1H3;2-3,5-6,8H,4,7H2,1H3,(H4,15,16,17,18). The molecule has 0 unspecified atom stereocenters. The summed E-state index contributed by atoms with van der Waals surface area (Å²) in [6.07, 6.45) is 4.77. The summed E-state index contributed by atoms with van der Waals surface area (Å²) in [5.74, 6) is -0.0937. The van der Waals surface area contributed by atoms with Crippen LogP contribution in [0.3, 0.4) is 0 Å². The number of ether oxygens (including phenoxy) is 2. The van der Waals surface area contributed by atoms with Gasteiger partial charge in [-0.05, 0) is 78.8 Å². The Labute approximate surface area is 238 Å². The molecule has 4 rings (SSSR count). The van der Waals surface area contributed by atoms with E-state index >= 15 is 0 Å². The Bertz CT molecular complexity index is 1530. The number of carbonyl (C=O) groups is 2. The first-order valence-corrected chi connectivity index (χ1v) is 12.7. The zero-order valence-electron chi connectivity index (χ0n) is 23.0. The van der Waals surface area contributed by atoms with Gasteiger partial charge in [-0.3, -0.25) is 0 Å². The number of aromatic nitrogens is 2. The number of nitriles is 1. The number of carbonyl (C=O) groups excluding carboxylic acids is 2. The van der Waals surface area contributed by atoms with Gasteiger partial charge in [0.15, 0.2) is 0 Å². The van der Waals surface area contributed by atoms with Crippen LogP contribution < -0.4 is 17.2 Å². The number of anilines is 3. The molecule has 0 aliphatic carbocycles. The molecule has 0 aliphatic heterocycles. The number of hydrogen-bond donors (Lipinski definition) is 3. The van der Waals surface area contributed by atoms with Gasteiger partial charge in [-0.25, -0.2) is 14.6 Å². The van der Waals surface area contributed by atoms with Gasteiger partial charge in [-0.15, -0.1) is 0 Å². The quantitative estimate of drug-likeness (QED) is 0.214. The van der Waals surface area contributed by atoms with Gasteiger partial charge in [0.05, 0.1) is 30.9 Å². The highest BCUT2D eigenvalue weighted by Crippen LogP contribution is 2.16. The Hall–Kier alpha value is -5.43. The molecule has 0 fully saturated rings. The van der Waals surface area contributed by atoms with Crippen LogP contribution in [-0.4, -0.2) is 36.1 Å². The summed E-state index contributed by atoms with van der Waals surface area (Å²) in [6.45, 7) is 0. The number of nitrogen functional groups attached to an aromatic ring is 3. The maximum Gasteiger partial charge on any atom is 0.337 e. The predicted octanol–water partition coefficient (Wildman–Crippen LogP) is 3.93. The van der Waals surface area contributed by atoms with Gasteiger partial charge in [0.1, 0.15) is 11.9 Å². The van der Waals surface area contributed by atoms with Crippen LogP contribution in [0.1, 0.15) is 48.5 Å². The van der Waals surface area contributed by atoms with Gasteiger partial charge in [-0.2, -0.15) is 10.2 Å². The summed E-state index contributed by atoms with van der Waals surface area (Å²) in [5, 5.41) is 8.96. The minimum atomic E-state index is -0.340. The number of aryl methyl sites for hydroxylation is 4. The second-order valence-corrected chi connectivity index (χ2v) is 9.05. The van der Waals surface area contributed by atoms with Crippen LogP contribution in [0, 0.1) is 11.3 Å². The van der Waals surface area contributed by atoms with E-state index in [1.165, 1.54) is 14.2 Å². The van der Waals surface area contributed by atoms with Crippen molar-refractivity contribution < 1.29 is 19.1 Å². The number of nitrogens with zero attached hydrogens (tertiary/aromatic N) is 3. The maximum absolute atomic E-state index is 11.3. The van der Waals surface area contributed by atoms with Crippen molar-refractivity contribution in [3.05, 3.63) is 112 Å². The topological polar surface area (TPSA) is 180 Å². The van der Waals surface area contributed by atoms with Crippen LogP contribution in [0.5, 0.6) is 0 Å². The van der Waals surface area contributed by atoms with Gasteiger partial charge < -0.3 is 26.7 Å². The summed E-state index contributed by atoms with van der Waals surface area (Å²) in [5.41, 5.74) is 23.1. The zero-order valence-corrected chi connectivity index (χ0v) is 23.0. The number of rotatable bonds is 8. The monoisotopic (exact) mass is 552 g/mol. The second kappa shape index (κ2) is 14.6. The van der Waals surface area contributed by atoms with E-state index in [1.807, 2.05) is 36.4 Å². The first kappa shape index (κ1) is 30.1. The Morgan fingerprint density at radius 2 is 1.24 bits per heavy atom. The lowest BCUT2D eigenvalue weighted by Crippen LogP contribution is -2.05. The lowest BCUT2D eigenvalue weighted by Gasteiger charge is -2.06. The molecule has 6 N–H and O–H groups in total. The van der Waals surface area contributed by atoms with E-state index in [1.54, 1.807) is 36.5 Å². The summed E-state index contributed by atoms with van der Waals surface area (Å²) in [6, 6.07) is 22.2. The molecule has 210 valence electrons. The number of hydrogen-bond acceptors (Lipinski definition) is 10. The van der Waals surface area contributed by atoms with Crippen LogP contribution >= 0.6 is 0 Å². The molecular formula is C31H32N6O4. The zero-order chi connectivity index (χ0) is 29.8. The average Bonchev–Trinajstić information content (AvgIpc) is 3.00. The third-order valence-electron chi connectivity index (χ3n) is 6.29. The Kier molecular flexibility index (Phi) is 10.8. The molecule has 0 saturated carbocycles. The molecule has 0 aliphatic rings. The Morgan fingerprint density at radius 3 is 1.73 bits per heavy atom. The maximum atomic E-state index is 11.3. The Morgan fingerprint density at radius 1 is 0.756 bits per heavy atom. The van der Waals surface area contributed by atoms with Crippen molar-refractivity contribution in [1.29, 1.82) is 5.26 Å². The van der Waals surface area contributed by atoms with Crippen molar-refractivity contribution in [1.82, 2.24) is 9.97 Å². The van der Waals surface area contributed by atoms with Gasteiger partial charge in [0.2, 0.25) is 5.95 Å². The fourth-order valence-electron chi connectivity index (χ4n) is 3.90. The molecule has 0 atom stereocenters. The van der Waals surface area contributed by atoms with Crippen LogP contribution in [0.25, 0.3) is 0 Å². The van der Waals surface area contributed by atoms with Crippen LogP contribution in [-0.2, 0) is 35.2 Å². The normalized spacial score (nSPS) is 10.1. The highest BCUT2D eigenvalue weighted by Gasteiger charge is 2.07. The molecular weight excluding hydrogens is 520 g/mol. The second-order valence-electron chi connectivity index (χ2n) is 9.05. The van der Waals surface area contributed by atoms with Gasteiger partial charge in [0.25, 0.3) is 0 Å². The SMILES string of the molecule is COC(=O)c1ccc(CCc2ccc(N)c(C#N)c2)cc1.COC(=O)c1ccc(CCc2cnc(N)nc2N)cc1. The summed E-state index contributed by atoms with van der Waals surface area (Å²) in [4.78, 5) is 30.5. The van der Waals surface area contributed by atoms with Crippen molar-refractivity contribution in [2.45, 2.75) is 25.7 Å². The lowest BCUT2D eigenvalue weighted by molar-refractivity contribution is 0.0592. The smallest absolute Gasteiger partial charge is 0.337 e. The van der Waals surface area contributed by atoms with E-state index in [4.69, 9.17) is 22.5 Å². The minimum Gasteiger partial charge on any atom is -0.465 e. The third kappa shape index (κ3) is 8.80. The molecule has 0 saturated heterocycles. The summed E-state index contributed by atoms with van der Waals surface area (Å²) < 4.78 is 9.31. The molecule has 0 spiro atoms. The van der Waals surface area contributed by atoms with E-state index < -0.39 is 0 Å². The molecule has 3 aromatic carbocycles. The molecule has 10 nitrogen and oxygen atoms in total. The number of methoxy groups -OCH3 is 2. The summed E-state index contributed by atoms with van der Waals surface area (Å²) in [7, 11) is 2.73. The minimum absolute atomic E-state index is 0.175. The molecule has 0 radical (unpaired) electrons. The van der Waals surface area contributed by atoms with Gasteiger partial charge >= 0.3 is 11.9 Å². The largest absolute Gasteiger partial charge is 0.465 e. The third-order valence-corrected chi connectivity index (χ3v) is 6.29.